The van der Waals surface area contributed by atoms with Gasteiger partial charge in [0.15, 0.2) is 0 Å². The van der Waals surface area contributed by atoms with Crippen molar-refractivity contribution in [3.63, 3.8) is 0 Å². The summed E-state index contributed by atoms with van der Waals surface area (Å²) in [7, 11) is 1.73. The molecule has 1 aliphatic carbocycles. The zero-order valence-electron chi connectivity index (χ0n) is 18.6. The summed E-state index contributed by atoms with van der Waals surface area (Å²) in [4.78, 5) is 27.3. The van der Waals surface area contributed by atoms with Crippen molar-refractivity contribution in [3.05, 3.63) is 35.5 Å². The van der Waals surface area contributed by atoms with E-state index in [0.29, 0.717) is 19.0 Å². The van der Waals surface area contributed by atoms with Crippen LogP contribution in [-0.4, -0.2) is 49.4 Å². The molecule has 0 aromatic heterocycles. The molecule has 0 aromatic carbocycles. The highest BCUT2D eigenvalue weighted by molar-refractivity contribution is 5.89. The van der Waals surface area contributed by atoms with Gasteiger partial charge < -0.3 is 15.5 Å². The van der Waals surface area contributed by atoms with Crippen LogP contribution in [0.15, 0.2) is 35.5 Å². The normalized spacial score (nSPS) is 23.5. The molecule has 0 spiro atoms. The van der Waals surface area contributed by atoms with Crippen LogP contribution in [0.3, 0.4) is 0 Å². The molecule has 156 valence electrons. The summed E-state index contributed by atoms with van der Waals surface area (Å²) in [6, 6.07) is -0.540. The minimum atomic E-state index is -0.540. The summed E-state index contributed by atoms with van der Waals surface area (Å²) in [6.07, 6.45) is 9.84. The molecule has 0 bridgehead atoms. The molecule has 2 aliphatic rings. The average molecular weight is 388 g/mol. The summed E-state index contributed by atoms with van der Waals surface area (Å²) in [5.41, 5.74) is 2.19. The van der Waals surface area contributed by atoms with Crippen LogP contribution in [0.1, 0.15) is 48.0 Å². The third-order valence-electron chi connectivity index (χ3n) is 6.02. The topological polar surface area (TPSA) is 61.4 Å². The molecule has 0 radical (unpaired) electrons. The van der Waals surface area contributed by atoms with Gasteiger partial charge >= 0.3 is 0 Å². The molecule has 0 saturated carbocycles. The maximum absolute atomic E-state index is 13.3. The number of nitrogens with zero attached hydrogens (tertiary/aromatic N) is 1. The number of amides is 2. The largest absolute Gasteiger partial charge is 0.343 e. The van der Waals surface area contributed by atoms with Gasteiger partial charge in [-0.15, -0.1) is 0 Å². The minimum absolute atomic E-state index is 0.00301. The fourth-order valence-electron chi connectivity index (χ4n) is 3.54. The van der Waals surface area contributed by atoms with Crippen LogP contribution in [0.25, 0.3) is 0 Å². The number of likely N-dealkylation sites (N-methyl/N-ethyl adjacent to an activating group) is 1. The molecular weight excluding hydrogens is 350 g/mol. The Kier molecular flexibility index (Phi) is 6.92. The molecule has 2 N–H and O–H groups in total. The second-order valence-corrected chi connectivity index (χ2v) is 9.64. The zero-order chi connectivity index (χ0) is 21.1. The monoisotopic (exact) mass is 387 g/mol. The maximum Gasteiger partial charge on any atom is 0.246 e. The second kappa shape index (κ2) is 8.64. The van der Waals surface area contributed by atoms with E-state index in [2.05, 4.69) is 55.7 Å². The van der Waals surface area contributed by atoms with Crippen LogP contribution in [0.2, 0.25) is 0 Å². The number of hydrogen-bond donors (Lipinski definition) is 2. The summed E-state index contributed by atoms with van der Waals surface area (Å²) in [5.74, 6) is 0.348. The van der Waals surface area contributed by atoms with Crippen molar-refractivity contribution < 1.29 is 9.59 Å². The first-order valence-electron chi connectivity index (χ1n) is 10.3. The Morgan fingerprint density at radius 2 is 1.79 bits per heavy atom. The van der Waals surface area contributed by atoms with E-state index >= 15 is 0 Å². The fraction of sp³-hybridized carbons (Fsp3) is 0.652. The van der Waals surface area contributed by atoms with Gasteiger partial charge in [-0.05, 0) is 35.9 Å². The van der Waals surface area contributed by atoms with Gasteiger partial charge in [-0.2, -0.15) is 0 Å². The van der Waals surface area contributed by atoms with E-state index < -0.39 is 6.04 Å². The second-order valence-electron chi connectivity index (χ2n) is 9.64. The highest BCUT2D eigenvalue weighted by Gasteiger charge is 2.37. The number of carbonyl (C=O) groups is 2. The Morgan fingerprint density at radius 1 is 1.18 bits per heavy atom. The predicted octanol–water partition coefficient (Wildman–Crippen LogP) is 3.05. The molecule has 28 heavy (non-hydrogen) atoms. The summed E-state index contributed by atoms with van der Waals surface area (Å²) in [6.45, 7) is 14.2. The lowest BCUT2D eigenvalue weighted by molar-refractivity contribution is -0.139. The van der Waals surface area contributed by atoms with Crippen molar-refractivity contribution in [2.75, 3.05) is 26.7 Å². The lowest BCUT2D eigenvalue weighted by Crippen LogP contribution is -2.56. The Balaban J connectivity index is 2.19. The van der Waals surface area contributed by atoms with E-state index in [1.165, 1.54) is 11.1 Å². The van der Waals surface area contributed by atoms with Crippen molar-refractivity contribution in [2.45, 2.75) is 54.0 Å². The molecule has 5 nitrogen and oxygen atoms in total. The Morgan fingerprint density at radius 3 is 2.32 bits per heavy atom. The van der Waals surface area contributed by atoms with E-state index in [-0.39, 0.29) is 29.2 Å². The fourth-order valence-corrected chi connectivity index (χ4v) is 3.54. The van der Waals surface area contributed by atoms with Gasteiger partial charge in [0.1, 0.15) is 6.04 Å². The minimum Gasteiger partial charge on any atom is -0.343 e. The third kappa shape index (κ3) is 5.13. The third-order valence-corrected chi connectivity index (χ3v) is 6.02. The molecule has 2 rings (SSSR count). The SMILES string of the molecule is CNCC(=O)NC(C(=O)N1CCC2=C(C=CC(C)(C(C)C)C=C2)C1)C(C)(C)C. The number of allylic oxidation sites excluding steroid dienone is 3. The molecule has 0 saturated heterocycles. The Hall–Kier alpha value is -1.88. The predicted molar refractivity (Wildman–Crippen MR) is 115 cm³/mol. The lowest BCUT2D eigenvalue weighted by atomic mass is 9.79. The Labute approximate surface area is 170 Å². The standard InChI is InChI=1S/C23H37N3O2/c1-16(2)23(6)11-8-17-10-13-26(15-18(17)9-12-23)21(28)20(22(3,4)5)25-19(27)14-24-7/h8-9,11-12,16,20,24H,10,13-15H2,1-7H3,(H,25,27). The van der Waals surface area contributed by atoms with E-state index in [0.717, 1.165) is 6.42 Å². The van der Waals surface area contributed by atoms with Gasteiger partial charge in [-0.3, -0.25) is 9.59 Å². The van der Waals surface area contributed by atoms with Crippen molar-refractivity contribution in [1.29, 1.82) is 0 Å². The van der Waals surface area contributed by atoms with Crippen molar-refractivity contribution in [3.8, 4) is 0 Å². The smallest absolute Gasteiger partial charge is 0.246 e. The van der Waals surface area contributed by atoms with Crippen LogP contribution in [0.5, 0.6) is 0 Å². The van der Waals surface area contributed by atoms with Crippen molar-refractivity contribution in [1.82, 2.24) is 15.5 Å². The summed E-state index contributed by atoms with van der Waals surface area (Å²) >= 11 is 0. The van der Waals surface area contributed by atoms with Gasteiger partial charge in [-0.1, -0.05) is 65.8 Å². The molecule has 1 heterocycles. The highest BCUT2D eigenvalue weighted by atomic mass is 16.2. The number of nitrogens with one attached hydrogen (secondary N) is 2. The molecule has 2 unspecified atom stereocenters. The summed E-state index contributed by atoms with van der Waals surface area (Å²) < 4.78 is 0. The van der Waals surface area contributed by atoms with E-state index in [1.54, 1.807) is 7.05 Å². The highest BCUT2D eigenvalue weighted by Crippen LogP contribution is 2.35. The van der Waals surface area contributed by atoms with E-state index in [1.807, 2.05) is 25.7 Å². The first-order valence-corrected chi connectivity index (χ1v) is 10.3. The first kappa shape index (κ1) is 22.4. The lowest BCUT2D eigenvalue weighted by Gasteiger charge is -2.37. The molecule has 2 amide bonds. The first-order chi connectivity index (χ1) is 13.0. The maximum atomic E-state index is 13.3. The molecule has 2 atom stereocenters. The molecular formula is C23H37N3O2. The summed E-state index contributed by atoms with van der Waals surface area (Å²) in [5, 5.41) is 5.77. The van der Waals surface area contributed by atoms with Crippen LogP contribution < -0.4 is 10.6 Å². The van der Waals surface area contributed by atoms with Crippen LogP contribution in [-0.2, 0) is 9.59 Å². The van der Waals surface area contributed by atoms with Crippen molar-refractivity contribution >= 4 is 11.8 Å². The van der Waals surface area contributed by atoms with Gasteiger partial charge in [-0.25, -0.2) is 0 Å². The van der Waals surface area contributed by atoms with Crippen LogP contribution in [0.4, 0.5) is 0 Å². The van der Waals surface area contributed by atoms with Crippen LogP contribution >= 0.6 is 0 Å². The molecule has 0 fully saturated rings. The number of rotatable bonds is 5. The number of hydrogen-bond acceptors (Lipinski definition) is 3. The average Bonchev–Trinajstić information content (AvgIpc) is 2.78. The Bertz CT molecular complexity index is 697. The van der Waals surface area contributed by atoms with Gasteiger partial charge in [0, 0.05) is 18.5 Å². The van der Waals surface area contributed by atoms with E-state index in [9.17, 15) is 9.59 Å². The molecule has 1 aliphatic heterocycles. The van der Waals surface area contributed by atoms with Crippen LogP contribution in [0, 0.1) is 16.7 Å². The van der Waals surface area contributed by atoms with Gasteiger partial charge in [0.25, 0.3) is 0 Å². The quantitative estimate of drug-likeness (QED) is 0.762. The van der Waals surface area contributed by atoms with Gasteiger partial charge in [0.05, 0.1) is 6.54 Å². The number of carbonyl (C=O) groups excluding carboxylic acids is 2. The molecule has 5 heteroatoms. The van der Waals surface area contributed by atoms with Crippen molar-refractivity contribution in [2.24, 2.45) is 16.7 Å². The van der Waals surface area contributed by atoms with Gasteiger partial charge in [0.2, 0.25) is 11.8 Å². The van der Waals surface area contributed by atoms with E-state index in [4.69, 9.17) is 0 Å². The zero-order valence-corrected chi connectivity index (χ0v) is 18.6. The molecule has 0 aromatic rings.